The molecule has 0 heterocycles. The second kappa shape index (κ2) is 5.22. The zero-order valence-electron chi connectivity index (χ0n) is 10.9. The van der Waals surface area contributed by atoms with Crippen molar-refractivity contribution in [2.75, 3.05) is 6.61 Å². The predicted molar refractivity (Wildman–Crippen MR) is 73.8 cm³/mol. The zero-order valence-corrected chi connectivity index (χ0v) is 10.9. The van der Waals surface area contributed by atoms with E-state index < -0.39 is 0 Å². The van der Waals surface area contributed by atoms with Crippen molar-refractivity contribution < 1.29 is 4.74 Å². The van der Waals surface area contributed by atoms with Crippen molar-refractivity contribution in [3.05, 3.63) is 42.0 Å². The van der Waals surface area contributed by atoms with Gasteiger partial charge in [-0.2, -0.15) is 0 Å². The van der Waals surface area contributed by atoms with Crippen LogP contribution in [0.4, 0.5) is 0 Å². The standard InChI is InChI=1S/C16H20O/c1-4-9-17-16-8-7-14-10-13(12(2)3)5-6-15(14)11-16/h5-8,10-12H,4,9H2,1-3H3. The Morgan fingerprint density at radius 2 is 1.71 bits per heavy atom. The minimum absolute atomic E-state index is 0.579. The summed E-state index contributed by atoms with van der Waals surface area (Å²) in [5, 5.41) is 2.54. The summed E-state index contributed by atoms with van der Waals surface area (Å²) in [5.74, 6) is 1.55. The van der Waals surface area contributed by atoms with Gasteiger partial charge in [-0.05, 0) is 40.8 Å². The van der Waals surface area contributed by atoms with Gasteiger partial charge in [0, 0.05) is 0 Å². The zero-order chi connectivity index (χ0) is 12.3. The molecule has 0 N–H and O–H groups in total. The molecule has 0 saturated heterocycles. The van der Waals surface area contributed by atoms with Crippen molar-refractivity contribution in [2.24, 2.45) is 0 Å². The summed E-state index contributed by atoms with van der Waals surface area (Å²) in [7, 11) is 0. The molecule has 0 bridgehead atoms. The predicted octanol–water partition coefficient (Wildman–Crippen LogP) is 4.75. The first-order valence-corrected chi connectivity index (χ1v) is 6.37. The Bertz CT molecular complexity index is 500. The van der Waals surface area contributed by atoms with Crippen LogP contribution >= 0.6 is 0 Å². The highest BCUT2D eigenvalue weighted by atomic mass is 16.5. The number of ether oxygens (including phenoxy) is 1. The first kappa shape index (κ1) is 12.0. The van der Waals surface area contributed by atoms with Crippen molar-refractivity contribution in [1.82, 2.24) is 0 Å². The van der Waals surface area contributed by atoms with Crippen LogP contribution in [-0.2, 0) is 0 Å². The number of fused-ring (bicyclic) bond motifs is 1. The Kier molecular flexibility index (Phi) is 3.68. The molecule has 0 radical (unpaired) electrons. The topological polar surface area (TPSA) is 9.23 Å². The van der Waals surface area contributed by atoms with E-state index in [1.54, 1.807) is 0 Å². The SMILES string of the molecule is CCCOc1ccc2cc(C(C)C)ccc2c1. The molecule has 0 aliphatic carbocycles. The monoisotopic (exact) mass is 228 g/mol. The van der Waals surface area contributed by atoms with Crippen LogP contribution in [0, 0.1) is 0 Å². The lowest BCUT2D eigenvalue weighted by atomic mass is 9.99. The molecule has 90 valence electrons. The fourth-order valence-corrected chi connectivity index (χ4v) is 1.91. The maximum atomic E-state index is 5.64. The van der Waals surface area contributed by atoms with Gasteiger partial charge in [-0.1, -0.05) is 45.0 Å². The molecule has 2 aromatic rings. The number of rotatable bonds is 4. The molecule has 17 heavy (non-hydrogen) atoms. The largest absolute Gasteiger partial charge is 0.494 e. The van der Waals surface area contributed by atoms with E-state index in [4.69, 9.17) is 4.74 Å². The molecule has 0 amide bonds. The maximum absolute atomic E-state index is 5.64. The number of hydrogen-bond donors (Lipinski definition) is 0. The average molecular weight is 228 g/mol. The highest BCUT2D eigenvalue weighted by molar-refractivity contribution is 5.84. The fourth-order valence-electron chi connectivity index (χ4n) is 1.91. The molecular formula is C16H20O. The van der Waals surface area contributed by atoms with Crippen LogP contribution in [0.5, 0.6) is 5.75 Å². The molecule has 0 saturated carbocycles. The second-order valence-corrected chi connectivity index (χ2v) is 4.77. The second-order valence-electron chi connectivity index (χ2n) is 4.77. The molecule has 1 heteroatoms. The summed E-state index contributed by atoms with van der Waals surface area (Å²) in [6, 6.07) is 13.0. The lowest BCUT2D eigenvalue weighted by Crippen LogP contribution is -1.94. The van der Waals surface area contributed by atoms with Crippen LogP contribution in [-0.4, -0.2) is 6.61 Å². The molecule has 0 aliphatic heterocycles. The molecule has 2 aromatic carbocycles. The van der Waals surface area contributed by atoms with Crippen LogP contribution in [0.2, 0.25) is 0 Å². The molecule has 0 aliphatic rings. The minimum atomic E-state index is 0.579. The smallest absolute Gasteiger partial charge is 0.119 e. The summed E-state index contributed by atoms with van der Waals surface area (Å²) in [4.78, 5) is 0. The van der Waals surface area contributed by atoms with E-state index in [9.17, 15) is 0 Å². The highest BCUT2D eigenvalue weighted by Crippen LogP contribution is 2.25. The van der Waals surface area contributed by atoms with E-state index in [-0.39, 0.29) is 0 Å². The Morgan fingerprint density at radius 3 is 2.41 bits per heavy atom. The van der Waals surface area contributed by atoms with Gasteiger partial charge in [0.1, 0.15) is 5.75 Å². The first-order valence-electron chi connectivity index (χ1n) is 6.37. The molecule has 1 nitrogen and oxygen atoms in total. The van der Waals surface area contributed by atoms with E-state index in [0.29, 0.717) is 5.92 Å². The number of hydrogen-bond acceptors (Lipinski definition) is 1. The third-order valence-corrected chi connectivity index (χ3v) is 2.98. The van der Waals surface area contributed by atoms with Crippen LogP contribution in [0.3, 0.4) is 0 Å². The molecule has 0 fully saturated rings. The highest BCUT2D eigenvalue weighted by Gasteiger charge is 2.02. The van der Waals surface area contributed by atoms with Crippen LogP contribution in [0.1, 0.15) is 38.7 Å². The van der Waals surface area contributed by atoms with Crippen molar-refractivity contribution in [1.29, 1.82) is 0 Å². The van der Waals surface area contributed by atoms with Crippen LogP contribution in [0.15, 0.2) is 36.4 Å². The summed E-state index contributed by atoms with van der Waals surface area (Å²) in [6.07, 6.45) is 1.05. The van der Waals surface area contributed by atoms with Crippen molar-refractivity contribution >= 4 is 10.8 Å². The van der Waals surface area contributed by atoms with Gasteiger partial charge < -0.3 is 4.74 Å². The van der Waals surface area contributed by atoms with Crippen LogP contribution < -0.4 is 4.74 Å². The van der Waals surface area contributed by atoms with E-state index in [1.165, 1.54) is 16.3 Å². The Hall–Kier alpha value is -1.50. The first-order chi connectivity index (χ1) is 8.20. The lowest BCUT2D eigenvalue weighted by molar-refractivity contribution is 0.318. The van der Waals surface area contributed by atoms with Gasteiger partial charge in [0.2, 0.25) is 0 Å². The lowest BCUT2D eigenvalue weighted by Gasteiger charge is -2.09. The van der Waals surface area contributed by atoms with Gasteiger partial charge in [0.05, 0.1) is 6.61 Å². The molecule has 0 unspecified atom stereocenters. The van der Waals surface area contributed by atoms with Gasteiger partial charge >= 0.3 is 0 Å². The third kappa shape index (κ3) is 2.79. The van der Waals surface area contributed by atoms with E-state index in [1.807, 2.05) is 0 Å². The Morgan fingerprint density at radius 1 is 1.00 bits per heavy atom. The van der Waals surface area contributed by atoms with E-state index in [0.717, 1.165) is 18.8 Å². The molecular weight excluding hydrogens is 208 g/mol. The quantitative estimate of drug-likeness (QED) is 0.733. The summed E-state index contributed by atoms with van der Waals surface area (Å²) >= 11 is 0. The van der Waals surface area contributed by atoms with E-state index in [2.05, 4.69) is 57.2 Å². The van der Waals surface area contributed by atoms with Gasteiger partial charge in [-0.15, -0.1) is 0 Å². The molecule has 2 rings (SSSR count). The number of benzene rings is 2. The Balaban J connectivity index is 2.33. The normalized spacial score (nSPS) is 11.1. The van der Waals surface area contributed by atoms with E-state index >= 15 is 0 Å². The summed E-state index contributed by atoms with van der Waals surface area (Å²) in [6.45, 7) is 7.35. The van der Waals surface area contributed by atoms with Gasteiger partial charge in [0.15, 0.2) is 0 Å². The minimum Gasteiger partial charge on any atom is -0.494 e. The van der Waals surface area contributed by atoms with Gasteiger partial charge in [0.25, 0.3) is 0 Å². The van der Waals surface area contributed by atoms with Crippen LogP contribution in [0.25, 0.3) is 10.8 Å². The fraction of sp³-hybridized carbons (Fsp3) is 0.375. The van der Waals surface area contributed by atoms with Crippen molar-refractivity contribution in [3.8, 4) is 5.75 Å². The van der Waals surface area contributed by atoms with Crippen molar-refractivity contribution in [3.63, 3.8) is 0 Å². The van der Waals surface area contributed by atoms with Gasteiger partial charge in [-0.25, -0.2) is 0 Å². The average Bonchev–Trinajstić information content (AvgIpc) is 2.35. The molecule has 0 aromatic heterocycles. The third-order valence-electron chi connectivity index (χ3n) is 2.98. The van der Waals surface area contributed by atoms with Gasteiger partial charge in [-0.3, -0.25) is 0 Å². The molecule has 0 spiro atoms. The van der Waals surface area contributed by atoms with Crippen molar-refractivity contribution in [2.45, 2.75) is 33.1 Å². The Labute approximate surface area is 103 Å². The maximum Gasteiger partial charge on any atom is 0.119 e. The molecule has 0 atom stereocenters. The summed E-state index contributed by atoms with van der Waals surface area (Å²) < 4.78 is 5.64. The summed E-state index contributed by atoms with van der Waals surface area (Å²) in [5.41, 5.74) is 1.39.